The van der Waals surface area contributed by atoms with Gasteiger partial charge in [0.05, 0.1) is 0 Å². The summed E-state index contributed by atoms with van der Waals surface area (Å²) in [5, 5.41) is 6.43. The molecule has 0 aromatic heterocycles. The van der Waals surface area contributed by atoms with Crippen LogP contribution >= 0.6 is 0 Å². The lowest BCUT2D eigenvalue weighted by Gasteiger charge is -2.32. The van der Waals surface area contributed by atoms with Gasteiger partial charge in [-0.05, 0) is 56.5 Å². The van der Waals surface area contributed by atoms with Crippen molar-refractivity contribution in [3.63, 3.8) is 0 Å². The molecule has 132 valence electrons. The number of rotatable bonds is 7. The van der Waals surface area contributed by atoms with Crippen molar-refractivity contribution >= 4 is 11.8 Å². The number of hydrogen-bond acceptors (Lipinski definition) is 4. The molecule has 2 rings (SSSR count). The second kappa shape index (κ2) is 9.23. The molecule has 2 heterocycles. The van der Waals surface area contributed by atoms with Gasteiger partial charge in [0, 0.05) is 32.1 Å². The van der Waals surface area contributed by atoms with Crippen molar-refractivity contribution in [1.29, 1.82) is 0 Å². The first-order chi connectivity index (χ1) is 11.1. The van der Waals surface area contributed by atoms with Gasteiger partial charge in [-0.15, -0.1) is 0 Å². The number of carbonyl (C=O) groups excluding carboxylic acids is 2. The van der Waals surface area contributed by atoms with E-state index in [4.69, 9.17) is 10.5 Å². The molecule has 0 bridgehead atoms. The fourth-order valence-electron chi connectivity index (χ4n) is 3.81. The van der Waals surface area contributed by atoms with E-state index in [1.54, 1.807) is 0 Å². The van der Waals surface area contributed by atoms with E-state index < -0.39 is 0 Å². The van der Waals surface area contributed by atoms with Crippen molar-refractivity contribution in [2.45, 2.75) is 51.5 Å². The molecule has 6 nitrogen and oxygen atoms in total. The molecule has 2 aliphatic rings. The van der Waals surface area contributed by atoms with Crippen molar-refractivity contribution in [1.82, 2.24) is 10.6 Å². The number of nitrogens with one attached hydrogen (secondary N) is 2. The lowest BCUT2D eigenvalue weighted by Crippen LogP contribution is -2.45. The highest BCUT2D eigenvalue weighted by Gasteiger charge is 2.28. The Kier molecular flexibility index (Phi) is 7.30. The predicted molar refractivity (Wildman–Crippen MR) is 88.7 cm³/mol. The molecular weight excluding hydrogens is 294 g/mol. The maximum atomic E-state index is 12.4. The van der Waals surface area contributed by atoms with Crippen molar-refractivity contribution < 1.29 is 14.3 Å². The van der Waals surface area contributed by atoms with Crippen LogP contribution in [-0.4, -0.2) is 44.2 Å². The Labute approximate surface area is 138 Å². The van der Waals surface area contributed by atoms with Crippen LogP contribution in [0.4, 0.5) is 0 Å². The van der Waals surface area contributed by atoms with Crippen molar-refractivity contribution in [2.75, 3.05) is 26.3 Å². The molecule has 6 heteroatoms. The van der Waals surface area contributed by atoms with Crippen LogP contribution in [0.5, 0.6) is 0 Å². The fourth-order valence-corrected chi connectivity index (χ4v) is 3.81. The van der Waals surface area contributed by atoms with Crippen LogP contribution in [0.25, 0.3) is 0 Å². The Morgan fingerprint density at radius 2 is 1.78 bits per heavy atom. The third kappa shape index (κ3) is 6.11. The van der Waals surface area contributed by atoms with Crippen LogP contribution in [-0.2, 0) is 14.3 Å². The third-order valence-corrected chi connectivity index (χ3v) is 5.30. The normalized spacial score (nSPS) is 23.2. The fraction of sp³-hybridized carbons (Fsp3) is 0.882. The molecule has 23 heavy (non-hydrogen) atoms. The van der Waals surface area contributed by atoms with E-state index in [-0.39, 0.29) is 30.2 Å². The molecule has 0 radical (unpaired) electrons. The number of hydrogen-bond donors (Lipinski definition) is 3. The van der Waals surface area contributed by atoms with Gasteiger partial charge in [-0.1, -0.05) is 6.92 Å². The van der Waals surface area contributed by atoms with Gasteiger partial charge < -0.3 is 21.1 Å². The SMILES string of the molecule is CC(CC(=O)NC(CC(N)=O)C1CCOCC1)C1CCNCC1. The van der Waals surface area contributed by atoms with Gasteiger partial charge in [0.15, 0.2) is 0 Å². The largest absolute Gasteiger partial charge is 0.381 e. The van der Waals surface area contributed by atoms with Crippen LogP contribution < -0.4 is 16.4 Å². The Morgan fingerprint density at radius 1 is 1.13 bits per heavy atom. The lowest BCUT2D eigenvalue weighted by molar-refractivity contribution is -0.124. The van der Waals surface area contributed by atoms with Gasteiger partial charge in [-0.25, -0.2) is 0 Å². The second-order valence-corrected chi connectivity index (χ2v) is 7.06. The van der Waals surface area contributed by atoms with Crippen LogP contribution in [0.3, 0.4) is 0 Å². The van der Waals surface area contributed by atoms with E-state index in [0.29, 0.717) is 31.5 Å². The van der Waals surface area contributed by atoms with Crippen molar-refractivity contribution in [3.8, 4) is 0 Å². The molecule has 2 amide bonds. The highest BCUT2D eigenvalue weighted by Crippen LogP contribution is 2.25. The molecule has 2 saturated heterocycles. The number of primary amides is 1. The summed E-state index contributed by atoms with van der Waals surface area (Å²) in [5.74, 6) is 0.969. The Balaban J connectivity index is 1.84. The smallest absolute Gasteiger partial charge is 0.220 e. The summed E-state index contributed by atoms with van der Waals surface area (Å²) in [7, 11) is 0. The molecule has 2 atom stereocenters. The average Bonchev–Trinajstić information content (AvgIpc) is 2.55. The quantitative estimate of drug-likeness (QED) is 0.645. The standard InChI is InChI=1S/C17H31N3O3/c1-12(13-2-6-19-7-3-13)10-17(22)20-15(11-16(18)21)14-4-8-23-9-5-14/h12-15,19H,2-11H2,1H3,(H2,18,21)(H,20,22). The summed E-state index contributed by atoms with van der Waals surface area (Å²) in [5.41, 5.74) is 5.37. The van der Waals surface area contributed by atoms with E-state index in [2.05, 4.69) is 17.6 Å². The minimum atomic E-state index is -0.354. The lowest BCUT2D eigenvalue weighted by atomic mass is 9.83. The molecule has 2 aliphatic heterocycles. The summed E-state index contributed by atoms with van der Waals surface area (Å²) < 4.78 is 5.37. The van der Waals surface area contributed by atoms with Gasteiger partial charge in [-0.3, -0.25) is 9.59 Å². The van der Waals surface area contributed by atoms with Gasteiger partial charge in [0.25, 0.3) is 0 Å². The summed E-state index contributed by atoms with van der Waals surface area (Å²) in [6.07, 6.45) is 4.78. The zero-order valence-corrected chi connectivity index (χ0v) is 14.2. The molecule has 2 fully saturated rings. The predicted octanol–water partition coefficient (Wildman–Crippen LogP) is 0.799. The van der Waals surface area contributed by atoms with Gasteiger partial charge in [0.1, 0.15) is 0 Å². The van der Waals surface area contributed by atoms with E-state index in [9.17, 15) is 9.59 Å². The molecule has 0 aromatic carbocycles. The summed E-state index contributed by atoms with van der Waals surface area (Å²) in [6.45, 7) is 5.64. The third-order valence-electron chi connectivity index (χ3n) is 5.30. The number of piperidine rings is 1. The monoisotopic (exact) mass is 325 g/mol. The molecule has 0 aromatic rings. The number of ether oxygens (including phenoxy) is 1. The molecule has 4 N–H and O–H groups in total. The highest BCUT2D eigenvalue weighted by atomic mass is 16.5. The number of nitrogens with two attached hydrogens (primary N) is 1. The molecule has 0 saturated carbocycles. The van der Waals surface area contributed by atoms with E-state index >= 15 is 0 Å². The minimum Gasteiger partial charge on any atom is -0.381 e. The first kappa shape index (κ1) is 18.2. The number of carbonyl (C=O) groups is 2. The van der Waals surface area contributed by atoms with Crippen LogP contribution in [0, 0.1) is 17.8 Å². The molecular formula is C17H31N3O3. The Morgan fingerprint density at radius 3 is 2.39 bits per heavy atom. The average molecular weight is 325 g/mol. The van der Waals surface area contributed by atoms with E-state index in [0.717, 1.165) is 38.8 Å². The van der Waals surface area contributed by atoms with E-state index in [1.165, 1.54) is 0 Å². The maximum Gasteiger partial charge on any atom is 0.220 e. The topological polar surface area (TPSA) is 93.5 Å². The summed E-state index contributed by atoms with van der Waals surface area (Å²) in [6, 6.07) is -0.149. The van der Waals surface area contributed by atoms with Gasteiger partial charge in [-0.2, -0.15) is 0 Å². The van der Waals surface area contributed by atoms with Crippen LogP contribution in [0.2, 0.25) is 0 Å². The molecule has 0 spiro atoms. The van der Waals surface area contributed by atoms with E-state index in [1.807, 2.05) is 0 Å². The zero-order chi connectivity index (χ0) is 16.7. The zero-order valence-electron chi connectivity index (χ0n) is 14.2. The minimum absolute atomic E-state index is 0.0498. The second-order valence-electron chi connectivity index (χ2n) is 7.06. The van der Waals surface area contributed by atoms with Gasteiger partial charge >= 0.3 is 0 Å². The highest BCUT2D eigenvalue weighted by molar-refractivity contribution is 5.79. The Bertz CT molecular complexity index is 391. The summed E-state index contributed by atoms with van der Waals surface area (Å²) >= 11 is 0. The van der Waals surface area contributed by atoms with Gasteiger partial charge in [0.2, 0.25) is 11.8 Å². The summed E-state index contributed by atoms with van der Waals surface area (Å²) in [4.78, 5) is 23.8. The maximum absolute atomic E-state index is 12.4. The number of amides is 2. The first-order valence-electron chi connectivity index (χ1n) is 8.92. The van der Waals surface area contributed by atoms with Crippen LogP contribution in [0.1, 0.15) is 45.4 Å². The van der Waals surface area contributed by atoms with Crippen molar-refractivity contribution in [2.24, 2.45) is 23.5 Å². The molecule has 0 aliphatic carbocycles. The Hall–Kier alpha value is -1.14. The first-order valence-corrected chi connectivity index (χ1v) is 8.92. The van der Waals surface area contributed by atoms with Crippen molar-refractivity contribution in [3.05, 3.63) is 0 Å². The molecule has 2 unspecified atom stereocenters. The van der Waals surface area contributed by atoms with Crippen LogP contribution in [0.15, 0.2) is 0 Å².